The van der Waals surface area contributed by atoms with E-state index in [4.69, 9.17) is 11.6 Å². The number of carbonyl (C=O) groups excluding carboxylic acids is 2. The summed E-state index contributed by atoms with van der Waals surface area (Å²) in [6.45, 7) is 8.05. The van der Waals surface area contributed by atoms with E-state index in [9.17, 15) is 9.59 Å². The van der Waals surface area contributed by atoms with Crippen LogP contribution >= 0.6 is 11.6 Å². The second-order valence-corrected chi connectivity index (χ2v) is 10.2. The first-order valence-electron chi connectivity index (χ1n) is 12.3. The fourth-order valence-electron chi connectivity index (χ4n) is 5.51. The molecule has 7 nitrogen and oxygen atoms in total. The van der Waals surface area contributed by atoms with Crippen molar-refractivity contribution in [3.8, 4) is 0 Å². The Morgan fingerprint density at radius 2 is 1.82 bits per heavy atom. The normalized spacial score (nSPS) is 22.3. The Bertz CT molecular complexity index is 1060. The maximum atomic E-state index is 13.4. The van der Waals surface area contributed by atoms with E-state index in [0.29, 0.717) is 23.3 Å². The monoisotopic (exact) mass is 481 g/mol. The zero-order valence-corrected chi connectivity index (χ0v) is 20.4. The van der Waals surface area contributed by atoms with Crippen LogP contribution in [-0.2, 0) is 4.79 Å². The van der Waals surface area contributed by atoms with Crippen LogP contribution in [0, 0.1) is 18.8 Å². The molecule has 2 atom stereocenters. The van der Waals surface area contributed by atoms with Crippen molar-refractivity contribution in [2.75, 3.05) is 56.0 Å². The highest BCUT2D eigenvalue weighted by Crippen LogP contribution is 2.33. The van der Waals surface area contributed by atoms with E-state index in [0.717, 1.165) is 81.3 Å². The molecule has 0 radical (unpaired) electrons. The van der Waals surface area contributed by atoms with Gasteiger partial charge in [-0.3, -0.25) is 9.59 Å². The molecule has 34 heavy (non-hydrogen) atoms. The predicted octanol–water partition coefficient (Wildman–Crippen LogP) is 3.68. The predicted molar refractivity (Wildman–Crippen MR) is 134 cm³/mol. The largest absolute Gasteiger partial charge is 0.356 e. The molecule has 2 amide bonds. The van der Waals surface area contributed by atoms with Gasteiger partial charge in [0.1, 0.15) is 5.82 Å². The summed E-state index contributed by atoms with van der Waals surface area (Å²) in [5.41, 5.74) is 2.46. The molecule has 2 aromatic rings. The number of aryl methyl sites for hydroxylation is 1. The van der Waals surface area contributed by atoms with Gasteiger partial charge in [0.25, 0.3) is 5.91 Å². The molecule has 1 N–H and O–H groups in total. The quantitative estimate of drug-likeness (QED) is 0.681. The number of likely N-dealkylation sites (tertiary alicyclic amines) is 2. The number of nitrogens with zero attached hydrogens (tertiary/aromatic N) is 4. The molecule has 3 aliphatic rings. The first kappa shape index (κ1) is 23.1. The number of nitrogens with one attached hydrogen (secondary N) is 1. The number of amides is 2. The zero-order chi connectivity index (χ0) is 23.7. The topological polar surface area (TPSA) is 68.8 Å². The van der Waals surface area contributed by atoms with Crippen molar-refractivity contribution < 1.29 is 9.59 Å². The highest BCUT2D eigenvalue weighted by atomic mass is 35.5. The Morgan fingerprint density at radius 3 is 2.53 bits per heavy atom. The Kier molecular flexibility index (Phi) is 6.75. The number of fused-ring (bicyclic) bond motifs is 1. The molecule has 5 rings (SSSR count). The highest BCUT2D eigenvalue weighted by Gasteiger charge is 2.42. The minimum Gasteiger partial charge on any atom is -0.356 e. The van der Waals surface area contributed by atoms with Gasteiger partial charge in [0.2, 0.25) is 5.91 Å². The van der Waals surface area contributed by atoms with Crippen LogP contribution in [-0.4, -0.2) is 72.4 Å². The van der Waals surface area contributed by atoms with Gasteiger partial charge in [0.15, 0.2) is 0 Å². The van der Waals surface area contributed by atoms with Crippen LogP contribution in [0.2, 0.25) is 5.02 Å². The molecule has 0 spiro atoms. The van der Waals surface area contributed by atoms with Crippen molar-refractivity contribution >= 4 is 34.9 Å². The third-order valence-corrected chi connectivity index (χ3v) is 7.79. The lowest BCUT2D eigenvalue weighted by atomic mass is 10.0. The molecule has 4 heterocycles. The SMILES string of the molecule is Cc1ccc(NC(=O)CCN2CC3CN(C(=O)c4cccnc4N4CCCC4)CC3C2)cc1Cl. The number of hydrogen-bond acceptors (Lipinski definition) is 5. The molecular formula is C26H32ClN5O2. The van der Waals surface area contributed by atoms with Gasteiger partial charge in [-0.1, -0.05) is 17.7 Å². The van der Waals surface area contributed by atoms with Crippen molar-refractivity contribution in [3.05, 3.63) is 52.7 Å². The lowest BCUT2D eigenvalue weighted by molar-refractivity contribution is -0.116. The third-order valence-electron chi connectivity index (χ3n) is 7.38. The van der Waals surface area contributed by atoms with Gasteiger partial charge in [-0.25, -0.2) is 4.98 Å². The standard InChI is InChI=1S/C26H32ClN5O2/c1-18-6-7-21(13-23(18)27)29-24(33)8-12-30-14-19-16-32(17-20(19)15-30)26(34)22-5-4-9-28-25(22)31-10-2-3-11-31/h4-7,9,13,19-20H,2-3,8,10-12,14-17H2,1H3,(H,29,33). The Labute approximate surface area is 206 Å². The van der Waals surface area contributed by atoms with Gasteiger partial charge in [0.05, 0.1) is 5.56 Å². The van der Waals surface area contributed by atoms with Gasteiger partial charge in [-0.05, 0) is 61.4 Å². The van der Waals surface area contributed by atoms with Crippen molar-refractivity contribution in [1.29, 1.82) is 0 Å². The van der Waals surface area contributed by atoms with Crippen molar-refractivity contribution in [2.24, 2.45) is 11.8 Å². The molecule has 1 aromatic heterocycles. The molecule has 0 saturated carbocycles. The lowest BCUT2D eigenvalue weighted by Gasteiger charge is -2.24. The van der Waals surface area contributed by atoms with Crippen molar-refractivity contribution in [1.82, 2.24) is 14.8 Å². The maximum absolute atomic E-state index is 13.4. The summed E-state index contributed by atoms with van der Waals surface area (Å²) < 4.78 is 0. The second kappa shape index (κ2) is 9.92. The molecule has 3 aliphatic heterocycles. The summed E-state index contributed by atoms with van der Waals surface area (Å²) in [5.74, 6) is 1.88. The van der Waals surface area contributed by atoms with E-state index in [-0.39, 0.29) is 11.8 Å². The number of aromatic nitrogens is 1. The Balaban J connectivity index is 1.12. The lowest BCUT2D eigenvalue weighted by Crippen LogP contribution is -2.35. The number of benzene rings is 1. The Morgan fingerprint density at radius 1 is 1.09 bits per heavy atom. The number of pyridine rings is 1. The van der Waals surface area contributed by atoms with Gasteiger partial charge >= 0.3 is 0 Å². The second-order valence-electron chi connectivity index (χ2n) is 9.82. The molecular weight excluding hydrogens is 450 g/mol. The molecule has 0 aliphatic carbocycles. The van der Waals surface area contributed by atoms with E-state index in [2.05, 4.69) is 20.1 Å². The van der Waals surface area contributed by atoms with E-state index in [1.807, 2.05) is 36.1 Å². The first-order valence-corrected chi connectivity index (χ1v) is 12.6. The van der Waals surface area contributed by atoms with Gasteiger partial charge in [-0.15, -0.1) is 0 Å². The first-order chi connectivity index (χ1) is 16.5. The van der Waals surface area contributed by atoms with Gasteiger partial charge < -0.3 is 20.0 Å². The summed E-state index contributed by atoms with van der Waals surface area (Å²) in [4.78, 5) is 36.9. The van der Waals surface area contributed by atoms with E-state index in [1.54, 1.807) is 12.3 Å². The van der Waals surface area contributed by atoms with Crippen molar-refractivity contribution in [2.45, 2.75) is 26.2 Å². The highest BCUT2D eigenvalue weighted by molar-refractivity contribution is 6.31. The third kappa shape index (κ3) is 4.91. The van der Waals surface area contributed by atoms with Crippen LogP contribution in [0.1, 0.15) is 35.2 Å². The molecule has 3 saturated heterocycles. The van der Waals surface area contributed by atoms with E-state index >= 15 is 0 Å². The van der Waals surface area contributed by atoms with E-state index < -0.39 is 0 Å². The summed E-state index contributed by atoms with van der Waals surface area (Å²) in [5, 5.41) is 3.60. The van der Waals surface area contributed by atoms with Gasteiger partial charge in [-0.2, -0.15) is 0 Å². The number of hydrogen-bond donors (Lipinski definition) is 1. The molecule has 0 bridgehead atoms. The Hall–Kier alpha value is -2.64. The number of rotatable bonds is 6. The molecule has 3 fully saturated rings. The maximum Gasteiger partial charge on any atom is 0.257 e. The van der Waals surface area contributed by atoms with Crippen LogP contribution < -0.4 is 10.2 Å². The molecule has 2 unspecified atom stereocenters. The van der Waals surface area contributed by atoms with Crippen LogP contribution in [0.25, 0.3) is 0 Å². The van der Waals surface area contributed by atoms with E-state index in [1.165, 1.54) is 0 Å². The minimum atomic E-state index is -0.000182. The average molecular weight is 482 g/mol. The summed E-state index contributed by atoms with van der Waals surface area (Å²) in [6, 6.07) is 9.36. The molecule has 180 valence electrons. The van der Waals surface area contributed by atoms with Crippen LogP contribution in [0.5, 0.6) is 0 Å². The fraction of sp³-hybridized carbons (Fsp3) is 0.500. The van der Waals surface area contributed by atoms with Crippen LogP contribution in [0.4, 0.5) is 11.5 Å². The van der Waals surface area contributed by atoms with Crippen molar-refractivity contribution in [3.63, 3.8) is 0 Å². The number of halogens is 1. The number of anilines is 2. The summed E-state index contributed by atoms with van der Waals surface area (Å²) in [6.07, 6.45) is 4.54. The molecule has 8 heteroatoms. The summed E-state index contributed by atoms with van der Waals surface area (Å²) >= 11 is 6.15. The summed E-state index contributed by atoms with van der Waals surface area (Å²) in [7, 11) is 0. The fourth-order valence-corrected chi connectivity index (χ4v) is 5.69. The van der Waals surface area contributed by atoms with Crippen LogP contribution in [0.15, 0.2) is 36.5 Å². The zero-order valence-electron chi connectivity index (χ0n) is 19.7. The average Bonchev–Trinajstić information content (AvgIpc) is 3.57. The molecule has 1 aromatic carbocycles. The van der Waals surface area contributed by atoms with Gasteiger partial charge in [0, 0.05) is 69.1 Å². The number of carbonyl (C=O) groups is 2. The minimum absolute atomic E-state index is 0.000182. The smallest absolute Gasteiger partial charge is 0.257 e. The van der Waals surface area contributed by atoms with Crippen LogP contribution in [0.3, 0.4) is 0 Å².